The lowest BCUT2D eigenvalue weighted by Crippen LogP contribution is -2.54. The first-order chi connectivity index (χ1) is 7.19. The van der Waals surface area contributed by atoms with E-state index >= 15 is 0 Å². The molecule has 94 valence electrons. The number of rotatable bonds is 2. The normalized spacial score (nSPS) is 41.2. The van der Waals surface area contributed by atoms with E-state index in [0.717, 1.165) is 0 Å². The molecule has 16 heavy (non-hydrogen) atoms. The SMILES string of the molecule is C[C@@H](O)/C=C/[C@]1(O)[C@@H](C)C[C@@H](O)CC1(C)C. The summed E-state index contributed by atoms with van der Waals surface area (Å²) >= 11 is 0. The van der Waals surface area contributed by atoms with Crippen molar-refractivity contribution in [1.82, 2.24) is 0 Å². The minimum absolute atomic E-state index is 0.0127. The van der Waals surface area contributed by atoms with E-state index in [1.807, 2.05) is 20.8 Å². The molecule has 0 saturated heterocycles. The van der Waals surface area contributed by atoms with Gasteiger partial charge in [-0.2, -0.15) is 0 Å². The molecule has 1 saturated carbocycles. The van der Waals surface area contributed by atoms with E-state index < -0.39 is 11.7 Å². The smallest absolute Gasteiger partial charge is 0.0906 e. The molecule has 0 aliphatic heterocycles. The molecule has 0 spiro atoms. The second-order valence-electron chi connectivity index (χ2n) is 5.80. The molecule has 3 N–H and O–H groups in total. The summed E-state index contributed by atoms with van der Waals surface area (Å²) < 4.78 is 0. The molecule has 1 fully saturated rings. The van der Waals surface area contributed by atoms with Crippen molar-refractivity contribution in [1.29, 1.82) is 0 Å². The zero-order valence-corrected chi connectivity index (χ0v) is 10.6. The number of aliphatic hydroxyl groups excluding tert-OH is 2. The first kappa shape index (κ1) is 13.7. The van der Waals surface area contributed by atoms with E-state index in [0.29, 0.717) is 12.8 Å². The van der Waals surface area contributed by atoms with E-state index in [2.05, 4.69) is 0 Å². The van der Waals surface area contributed by atoms with Crippen LogP contribution >= 0.6 is 0 Å². The van der Waals surface area contributed by atoms with Gasteiger partial charge in [-0.25, -0.2) is 0 Å². The van der Waals surface area contributed by atoms with Crippen LogP contribution in [0.3, 0.4) is 0 Å². The van der Waals surface area contributed by atoms with Gasteiger partial charge >= 0.3 is 0 Å². The summed E-state index contributed by atoms with van der Waals surface area (Å²) in [5.74, 6) is -0.0127. The van der Waals surface area contributed by atoms with E-state index in [1.165, 1.54) is 0 Å². The van der Waals surface area contributed by atoms with Crippen LogP contribution in [0.2, 0.25) is 0 Å². The van der Waals surface area contributed by atoms with Crippen LogP contribution < -0.4 is 0 Å². The van der Waals surface area contributed by atoms with Crippen molar-refractivity contribution in [3.8, 4) is 0 Å². The van der Waals surface area contributed by atoms with Crippen molar-refractivity contribution in [3.63, 3.8) is 0 Å². The highest BCUT2D eigenvalue weighted by Crippen LogP contribution is 2.47. The Bertz CT molecular complexity index is 270. The summed E-state index contributed by atoms with van der Waals surface area (Å²) in [5.41, 5.74) is -1.33. The van der Waals surface area contributed by atoms with Crippen molar-refractivity contribution < 1.29 is 15.3 Å². The fraction of sp³-hybridized carbons (Fsp3) is 0.846. The van der Waals surface area contributed by atoms with E-state index in [-0.39, 0.29) is 17.4 Å². The van der Waals surface area contributed by atoms with Gasteiger partial charge in [-0.1, -0.05) is 32.9 Å². The second kappa shape index (κ2) is 4.47. The van der Waals surface area contributed by atoms with Crippen molar-refractivity contribution in [2.24, 2.45) is 11.3 Å². The molecule has 0 aromatic carbocycles. The van der Waals surface area contributed by atoms with Gasteiger partial charge in [0, 0.05) is 0 Å². The van der Waals surface area contributed by atoms with Crippen LogP contribution in [-0.2, 0) is 0 Å². The average molecular weight is 228 g/mol. The lowest BCUT2D eigenvalue weighted by atomic mass is 9.60. The fourth-order valence-electron chi connectivity index (χ4n) is 2.77. The van der Waals surface area contributed by atoms with Crippen LogP contribution in [0.5, 0.6) is 0 Å². The molecule has 0 aromatic heterocycles. The first-order valence-electron chi connectivity index (χ1n) is 5.97. The minimum atomic E-state index is -0.955. The largest absolute Gasteiger partial charge is 0.393 e. The van der Waals surface area contributed by atoms with Gasteiger partial charge < -0.3 is 15.3 Å². The van der Waals surface area contributed by atoms with Gasteiger partial charge in [0.2, 0.25) is 0 Å². The van der Waals surface area contributed by atoms with E-state index in [9.17, 15) is 15.3 Å². The Morgan fingerprint density at radius 1 is 1.38 bits per heavy atom. The van der Waals surface area contributed by atoms with Crippen molar-refractivity contribution in [3.05, 3.63) is 12.2 Å². The molecule has 3 heteroatoms. The third-order valence-electron chi connectivity index (χ3n) is 3.84. The lowest BCUT2D eigenvalue weighted by Gasteiger charge is -2.50. The topological polar surface area (TPSA) is 60.7 Å². The first-order valence-corrected chi connectivity index (χ1v) is 5.97. The van der Waals surface area contributed by atoms with Gasteiger partial charge in [0.1, 0.15) is 0 Å². The molecule has 0 amide bonds. The Morgan fingerprint density at radius 3 is 2.38 bits per heavy atom. The summed E-state index contributed by atoms with van der Waals surface area (Å²) in [4.78, 5) is 0. The van der Waals surface area contributed by atoms with Crippen molar-refractivity contribution >= 4 is 0 Å². The number of hydrogen-bond donors (Lipinski definition) is 3. The number of hydrogen-bond acceptors (Lipinski definition) is 3. The second-order valence-corrected chi connectivity index (χ2v) is 5.80. The molecule has 0 bridgehead atoms. The van der Waals surface area contributed by atoms with Gasteiger partial charge in [-0.15, -0.1) is 0 Å². The summed E-state index contributed by atoms with van der Waals surface area (Å²) in [6.45, 7) is 7.52. The Kier molecular flexibility index (Phi) is 3.83. The molecule has 0 radical (unpaired) electrons. The van der Waals surface area contributed by atoms with Crippen LogP contribution in [0, 0.1) is 11.3 Å². The molecular weight excluding hydrogens is 204 g/mol. The Morgan fingerprint density at radius 2 is 1.94 bits per heavy atom. The highest BCUT2D eigenvalue weighted by atomic mass is 16.3. The molecule has 0 unspecified atom stereocenters. The molecule has 1 aliphatic rings. The third kappa shape index (κ3) is 2.47. The zero-order chi connectivity index (χ0) is 12.6. The molecule has 0 heterocycles. The quantitative estimate of drug-likeness (QED) is 0.627. The summed E-state index contributed by atoms with van der Waals surface area (Å²) in [6, 6.07) is 0. The number of aliphatic hydroxyl groups is 3. The zero-order valence-electron chi connectivity index (χ0n) is 10.6. The predicted octanol–water partition coefficient (Wildman–Crippen LogP) is 1.47. The van der Waals surface area contributed by atoms with Gasteiger partial charge in [0.25, 0.3) is 0 Å². The van der Waals surface area contributed by atoms with Gasteiger partial charge in [-0.3, -0.25) is 0 Å². The van der Waals surface area contributed by atoms with Crippen LogP contribution in [0.15, 0.2) is 12.2 Å². The fourth-order valence-corrected chi connectivity index (χ4v) is 2.77. The maximum atomic E-state index is 10.7. The van der Waals surface area contributed by atoms with Crippen LogP contribution in [0.4, 0.5) is 0 Å². The van der Waals surface area contributed by atoms with Crippen molar-refractivity contribution in [2.75, 3.05) is 0 Å². The van der Waals surface area contributed by atoms with Crippen molar-refractivity contribution in [2.45, 2.75) is 58.3 Å². The minimum Gasteiger partial charge on any atom is -0.393 e. The highest BCUT2D eigenvalue weighted by Gasteiger charge is 2.50. The Balaban J connectivity index is 2.98. The molecule has 0 aromatic rings. The van der Waals surface area contributed by atoms with Gasteiger partial charge in [0.05, 0.1) is 17.8 Å². The van der Waals surface area contributed by atoms with Crippen LogP contribution in [0.25, 0.3) is 0 Å². The molecular formula is C13H24O3. The monoisotopic (exact) mass is 228 g/mol. The van der Waals surface area contributed by atoms with E-state index in [4.69, 9.17) is 0 Å². The molecule has 4 atom stereocenters. The van der Waals surface area contributed by atoms with E-state index in [1.54, 1.807) is 19.1 Å². The summed E-state index contributed by atoms with van der Waals surface area (Å²) in [7, 11) is 0. The lowest BCUT2D eigenvalue weighted by molar-refractivity contribution is -0.127. The summed E-state index contributed by atoms with van der Waals surface area (Å²) in [5, 5.41) is 29.7. The van der Waals surface area contributed by atoms with Gasteiger partial charge in [0.15, 0.2) is 0 Å². The molecule has 1 rings (SSSR count). The Hall–Kier alpha value is -0.380. The summed E-state index contributed by atoms with van der Waals surface area (Å²) in [6.07, 6.45) is 3.61. The molecule has 1 aliphatic carbocycles. The highest BCUT2D eigenvalue weighted by molar-refractivity contribution is 5.14. The maximum absolute atomic E-state index is 10.7. The van der Waals surface area contributed by atoms with Crippen LogP contribution in [0.1, 0.15) is 40.5 Å². The standard InChI is InChI=1S/C13H24O3/c1-9-7-11(15)8-12(3,4)13(9,16)6-5-10(2)14/h5-6,9-11,14-16H,7-8H2,1-4H3/b6-5+/t9-,10+,11+,13-/m0/s1. The Labute approximate surface area is 97.8 Å². The van der Waals surface area contributed by atoms with Crippen LogP contribution in [-0.4, -0.2) is 33.1 Å². The predicted molar refractivity (Wildman–Crippen MR) is 64.0 cm³/mol. The maximum Gasteiger partial charge on any atom is 0.0906 e. The average Bonchev–Trinajstić information content (AvgIpc) is 2.10. The molecule has 3 nitrogen and oxygen atoms in total. The third-order valence-corrected chi connectivity index (χ3v) is 3.84. The van der Waals surface area contributed by atoms with Gasteiger partial charge in [-0.05, 0) is 31.1 Å².